The largest absolute Gasteiger partial charge is 0.206 e. The average Bonchev–Trinajstić information content (AvgIpc) is 2.69. The Kier molecular flexibility index (Phi) is 6.61. The maximum atomic E-state index is 14.2. The molecule has 0 spiro atoms. The first kappa shape index (κ1) is 19.5. The summed E-state index contributed by atoms with van der Waals surface area (Å²) < 4.78 is 28.4. The Balaban J connectivity index is 1.66. The van der Waals surface area contributed by atoms with Crippen molar-refractivity contribution in [1.82, 2.24) is 0 Å². The van der Waals surface area contributed by atoms with Crippen molar-refractivity contribution in [3.8, 4) is 17.2 Å². The second-order valence-corrected chi connectivity index (χ2v) is 7.76. The highest BCUT2D eigenvalue weighted by molar-refractivity contribution is 5.66. The zero-order valence-corrected chi connectivity index (χ0v) is 16.0. The molecule has 0 aliphatic heterocycles. The van der Waals surface area contributed by atoms with Gasteiger partial charge in [-0.3, -0.25) is 0 Å². The molecule has 142 valence electrons. The molecule has 3 rings (SSSR count). The third kappa shape index (κ3) is 4.75. The number of unbranched alkanes of at least 4 members (excludes halogenated alkanes) is 2. The van der Waals surface area contributed by atoms with Gasteiger partial charge in [-0.2, -0.15) is 5.26 Å². The standard InChI is InChI=1S/C24H27F2N/c1-2-3-4-5-17-6-8-19(9-7-17)20-10-12-21(13-11-20)24-22(25)14-18(16-27)15-23(24)26/h10-15,17,19H,2-9H2,1H3/t17-,19-. The van der Waals surface area contributed by atoms with E-state index in [-0.39, 0.29) is 11.1 Å². The monoisotopic (exact) mass is 367 g/mol. The smallest absolute Gasteiger partial charge is 0.135 e. The number of halogens is 2. The molecule has 0 atom stereocenters. The fourth-order valence-electron chi connectivity index (χ4n) is 4.30. The van der Waals surface area contributed by atoms with Crippen LogP contribution in [0.25, 0.3) is 11.1 Å². The highest BCUT2D eigenvalue weighted by Gasteiger charge is 2.22. The topological polar surface area (TPSA) is 23.8 Å². The van der Waals surface area contributed by atoms with E-state index in [2.05, 4.69) is 6.92 Å². The van der Waals surface area contributed by atoms with Gasteiger partial charge in [-0.15, -0.1) is 0 Å². The van der Waals surface area contributed by atoms with Crippen molar-refractivity contribution < 1.29 is 8.78 Å². The minimum Gasteiger partial charge on any atom is -0.206 e. The van der Waals surface area contributed by atoms with Crippen molar-refractivity contribution in [3.05, 3.63) is 59.2 Å². The van der Waals surface area contributed by atoms with E-state index in [4.69, 9.17) is 5.26 Å². The molecular weight excluding hydrogens is 340 g/mol. The lowest BCUT2D eigenvalue weighted by atomic mass is 9.77. The molecule has 0 bridgehead atoms. The van der Waals surface area contributed by atoms with Crippen LogP contribution in [0.15, 0.2) is 36.4 Å². The van der Waals surface area contributed by atoms with Crippen LogP contribution in [0.4, 0.5) is 8.78 Å². The first-order valence-electron chi connectivity index (χ1n) is 10.1. The van der Waals surface area contributed by atoms with Crippen molar-refractivity contribution in [2.75, 3.05) is 0 Å². The van der Waals surface area contributed by atoms with Gasteiger partial charge in [0.15, 0.2) is 0 Å². The maximum Gasteiger partial charge on any atom is 0.135 e. The van der Waals surface area contributed by atoms with Crippen molar-refractivity contribution in [3.63, 3.8) is 0 Å². The third-order valence-electron chi connectivity index (χ3n) is 5.90. The molecule has 1 nitrogen and oxygen atoms in total. The maximum absolute atomic E-state index is 14.2. The first-order chi connectivity index (χ1) is 13.1. The Morgan fingerprint density at radius 2 is 1.59 bits per heavy atom. The summed E-state index contributed by atoms with van der Waals surface area (Å²) in [5.74, 6) is 0.0461. The average molecular weight is 367 g/mol. The SMILES string of the molecule is CCCCC[C@H]1CC[C@H](c2ccc(-c3c(F)cc(C#N)cc3F)cc2)CC1. The number of rotatable bonds is 6. The van der Waals surface area contributed by atoms with Crippen LogP contribution in [0.2, 0.25) is 0 Å². The van der Waals surface area contributed by atoms with Crippen molar-refractivity contribution in [2.45, 2.75) is 64.2 Å². The van der Waals surface area contributed by atoms with Gasteiger partial charge in [-0.25, -0.2) is 8.78 Å². The normalized spacial score (nSPS) is 19.6. The van der Waals surface area contributed by atoms with E-state index in [9.17, 15) is 8.78 Å². The van der Waals surface area contributed by atoms with Gasteiger partial charge in [0, 0.05) is 0 Å². The van der Waals surface area contributed by atoms with Crippen LogP contribution in [0.5, 0.6) is 0 Å². The Morgan fingerprint density at radius 1 is 0.963 bits per heavy atom. The lowest BCUT2D eigenvalue weighted by molar-refractivity contribution is 0.303. The number of nitrogens with zero attached hydrogens (tertiary/aromatic N) is 1. The van der Waals surface area contributed by atoms with E-state index in [1.165, 1.54) is 56.9 Å². The quantitative estimate of drug-likeness (QED) is 0.489. The van der Waals surface area contributed by atoms with Crippen LogP contribution in [-0.4, -0.2) is 0 Å². The Bertz CT molecular complexity index is 773. The molecule has 2 aromatic rings. The molecule has 0 radical (unpaired) electrons. The van der Waals surface area contributed by atoms with Gasteiger partial charge in [0.1, 0.15) is 11.6 Å². The predicted octanol–water partition coefficient (Wildman–Crippen LogP) is 7.36. The molecule has 1 fully saturated rings. The summed E-state index contributed by atoms with van der Waals surface area (Å²) in [6, 6.07) is 11.6. The lowest BCUT2D eigenvalue weighted by Gasteiger charge is -2.29. The molecule has 0 N–H and O–H groups in total. The Hall–Kier alpha value is -2.21. The molecule has 1 saturated carbocycles. The molecule has 0 aromatic heterocycles. The Morgan fingerprint density at radius 3 is 2.15 bits per heavy atom. The van der Waals surface area contributed by atoms with E-state index in [0.717, 1.165) is 18.1 Å². The summed E-state index contributed by atoms with van der Waals surface area (Å²) in [4.78, 5) is 0. The summed E-state index contributed by atoms with van der Waals surface area (Å²) in [5.41, 5.74) is 1.73. The highest BCUT2D eigenvalue weighted by Crippen LogP contribution is 2.38. The molecule has 0 unspecified atom stereocenters. The van der Waals surface area contributed by atoms with Crippen molar-refractivity contribution >= 4 is 0 Å². The molecule has 0 saturated heterocycles. The van der Waals surface area contributed by atoms with Gasteiger partial charge in [0.25, 0.3) is 0 Å². The van der Waals surface area contributed by atoms with E-state index in [1.54, 1.807) is 18.2 Å². The summed E-state index contributed by atoms with van der Waals surface area (Å²) in [6.07, 6.45) is 10.3. The Labute approximate surface area is 161 Å². The molecule has 3 heteroatoms. The second kappa shape index (κ2) is 9.13. The third-order valence-corrected chi connectivity index (χ3v) is 5.90. The molecule has 0 amide bonds. The van der Waals surface area contributed by atoms with E-state index in [0.29, 0.717) is 11.5 Å². The van der Waals surface area contributed by atoms with Crippen LogP contribution < -0.4 is 0 Å². The van der Waals surface area contributed by atoms with Gasteiger partial charge in [0.2, 0.25) is 0 Å². The lowest BCUT2D eigenvalue weighted by Crippen LogP contribution is -2.13. The van der Waals surface area contributed by atoms with Gasteiger partial charge in [-0.1, -0.05) is 56.9 Å². The summed E-state index contributed by atoms with van der Waals surface area (Å²) in [7, 11) is 0. The highest BCUT2D eigenvalue weighted by atomic mass is 19.1. The minimum absolute atomic E-state index is 0.000988. The zero-order valence-electron chi connectivity index (χ0n) is 16.0. The number of hydrogen-bond donors (Lipinski definition) is 0. The van der Waals surface area contributed by atoms with Crippen LogP contribution in [0, 0.1) is 28.9 Å². The molecule has 0 heterocycles. The molecule has 2 aromatic carbocycles. The molecule has 1 aliphatic rings. The van der Waals surface area contributed by atoms with Gasteiger partial charge < -0.3 is 0 Å². The van der Waals surface area contributed by atoms with Crippen LogP contribution >= 0.6 is 0 Å². The number of benzene rings is 2. The van der Waals surface area contributed by atoms with Crippen LogP contribution in [0.3, 0.4) is 0 Å². The van der Waals surface area contributed by atoms with Gasteiger partial charge in [-0.05, 0) is 60.8 Å². The summed E-state index contributed by atoms with van der Waals surface area (Å²) in [6.45, 7) is 2.25. The first-order valence-corrected chi connectivity index (χ1v) is 10.1. The predicted molar refractivity (Wildman–Crippen MR) is 105 cm³/mol. The van der Waals surface area contributed by atoms with Gasteiger partial charge in [0.05, 0.1) is 17.2 Å². The van der Waals surface area contributed by atoms with E-state index in [1.807, 2.05) is 12.1 Å². The second-order valence-electron chi connectivity index (χ2n) is 7.76. The number of hydrogen-bond acceptors (Lipinski definition) is 1. The minimum atomic E-state index is -0.688. The van der Waals surface area contributed by atoms with Crippen LogP contribution in [0.1, 0.15) is 75.3 Å². The van der Waals surface area contributed by atoms with E-state index < -0.39 is 11.6 Å². The zero-order chi connectivity index (χ0) is 19.2. The van der Waals surface area contributed by atoms with Crippen molar-refractivity contribution in [2.24, 2.45) is 5.92 Å². The summed E-state index contributed by atoms with van der Waals surface area (Å²) >= 11 is 0. The number of nitriles is 1. The molecule has 1 aliphatic carbocycles. The van der Waals surface area contributed by atoms with Crippen molar-refractivity contribution in [1.29, 1.82) is 5.26 Å². The fourth-order valence-corrected chi connectivity index (χ4v) is 4.30. The fraction of sp³-hybridized carbons (Fsp3) is 0.458. The molecule has 27 heavy (non-hydrogen) atoms. The molecular formula is C24H27F2N. The summed E-state index contributed by atoms with van der Waals surface area (Å²) in [5, 5.41) is 8.82. The van der Waals surface area contributed by atoms with E-state index >= 15 is 0 Å². The van der Waals surface area contributed by atoms with Crippen LogP contribution in [-0.2, 0) is 0 Å². The van der Waals surface area contributed by atoms with Gasteiger partial charge >= 0.3 is 0 Å².